The molecular formula is C23H40Br2N10Pt2. The number of nitriles is 1. The summed E-state index contributed by atoms with van der Waals surface area (Å²) < 4.78 is 0. The van der Waals surface area contributed by atoms with E-state index < -0.39 is 0 Å². The van der Waals surface area contributed by atoms with Gasteiger partial charge in [-0.25, -0.2) is 11.5 Å². The number of halogens is 2. The van der Waals surface area contributed by atoms with E-state index in [9.17, 15) is 0 Å². The Morgan fingerprint density at radius 2 is 0.865 bits per heavy atom. The first-order valence-corrected chi connectivity index (χ1v) is 19.8. The first kappa shape index (κ1) is 42.9. The summed E-state index contributed by atoms with van der Waals surface area (Å²) in [6, 6.07) is 0. The molecule has 4 aliphatic rings. The predicted octanol–water partition coefficient (Wildman–Crippen LogP) is 4.80. The molecule has 0 N–H and O–H groups in total. The molecule has 0 spiro atoms. The molecule has 4 heterocycles. The van der Waals surface area contributed by atoms with Crippen LogP contribution in [0.3, 0.4) is 0 Å². The Morgan fingerprint density at radius 1 is 0.703 bits per heavy atom. The Labute approximate surface area is 262 Å². The fourth-order valence-electron chi connectivity index (χ4n) is 2.72. The van der Waals surface area contributed by atoms with Crippen LogP contribution >= 0.6 is 26.6 Å². The van der Waals surface area contributed by atoms with Crippen LogP contribution in [0.2, 0.25) is 0 Å². The topological polar surface area (TPSA) is 72.0 Å². The summed E-state index contributed by atoms with van der Waals surface area (Å²) >= 11 is 6.56. The van der Waals surface area contributed by atoms with E-state index in [1.54, 1.807) is 6.92 Å². The third-order valence-corrected chi connectivity index (χ3v) is 3.95. The van der Waals surface area contributed by atoms with Crippen molar-refractivity contribution in [1.82, 2.24) is 39.2 Å². The second-order valence-electron chi connectivity index (χ2n) is 6.96. The molecule has 0 aliphatic carbocycles. The van der Waals surface area contributed by atoms with Gasteiger partial charge < -0.3 is 52.0 Å². The van der Waals surface area contributed by atoms with Crippen LogP contribution in [0, 0.1) is 45.9 Å². The van der Waals surface area contributed by atoms with Gasteiger partial charge in [0.15, 0.2) is 0 Å². The first-order valence-electron chi connectivity index (χ1n) is 9.85. The number of hydrogen-bond acceptors (Lipinski definition) is 9. The first-order chi connectivity index (χ1) is 16.3. The van der Waals surface area contributed by atoms with Gasteiger partial charge in [0.05, 0.1) is 0 Å². The normalized spacial score (nSPS) is 15.8. The van der Waals surface area contributed by atoms with Crippen molar-refractivity contribution in [2.75, 3.05) is 41.5 Å². The van der Waals surface area contributed by atoms with Gasteiger partial charge in [-0.3, -0.25) is 0 Å². The van der Waals surface area contributed by atoms with E-state index in [4.69, 9.17) is 10.7 Å². The number of hydrogen-bond donors (Lipinski definition) is 0. The average molecular weight is 1010 g/mol. The van der Waals surface area contributed by atoms with E-state index in [2.05, 4.69) is 104 Å². The molecule has 0 aromatic carbocycles. The van der Waals surface area contributed by atoms with E-state index in [-0.39, 0.29) is 50.4 Å². The minimum atomic E-state index is 0. The smallest absolute Gasteiger partial charge is 0.358 e. The van der Waals surface area contributed by atoms with E-state index in [0.29, 0.717) is 0 Å². The maximum atomic E-state index is 7.44. The number of rotatable bonds is 4. The molecule has 0 fully saturated rings. The van der Waals surface area contributed by atoms with Crippen molar-refractivity contribution in [3.63, 3.8) is 0 Å². The Balaban J connectivity index is -0.000000217. The largest absolute Gasteiger partial charge is 4.00 e. The molecule has 0 atom stereocenters. The quantitative estimate of drug-likeness (QED) is 0.292. The molecule has 0 aromatic heterocycles. The summed E-state index contributed by atoms with van der Waals surface area (Å²) in [5.41, 5.74) is 0. The molecule has 14 heteroatoms. The van der Waals surface area contributed by atoms with Gasteiger partial charge >= 0.3 is 62.1 Å². The molecule has 0 bridgehead atoms. The van der Waals surface area contributed by atoms with Gasteiger partial charge in [-0.1, -0.05) is 14.4 Å². The maximum Gasteiger partial charge on any atom is 4.00 e. The summed E-state index contributed by atoms with van der Waals surface area (Å²) in [5, 5.41) is 13.9. The van der Waals surface area contributed by atoms with Crippen LogP contribution in [0.25, 0.3) is 5.41 Å². The SMILES string of the molecule is C.C#N.CC=[N-].CN1C=CN(CN2C=CN(C)[CH-]2)[CH-]1.CN1C=CN(CN2C=CN(C)[CH-]2)[CH-]1.[Br][Pt+2][Br].[CH3-].[Pt+4]. The van der Waals surface area contributed by atoms with Crippen LogP contribution in [0.15, 0.2) is 49.6 Å². The zero-order valence-corrected chi connectivity index (χ0v) is 29.1. The van der Waals surface area contributed by atoms with Crippen molar-refractivity contribution in [2.45, 2.75) is 14.4 Å². The molecule has 0 radical (unpaired) electrons. The Hall–Kier alpha value is -1.14. The van der Waals surface area contributed by atoms with E-state index in [1.165, 1.54) is 0 Å². The van der Waals surface area contributed by atoms with Crippen LogP contribution in [0.1, 0.15) is 14.4 Å². The summed E-state index contributed by atoms with van der Waals surface area (Å²) in [4.78, 5) is 16.6. The van der Waals surface area contributed by atoms with Crippen LogP contribution < -0.4 is 0 Å². The molecule has 0 amide bonds. The predicted molar refractivity (Wildman–Crippen MR) is 155 cm³/mol. The molecule has 4 rings (SSSR count). The monoisotopic (exact) mass is 1000 g/mol. The third kappa shape index (κ3) is 20.5. The number of nitrogens with zero attached hydrogens (tertiary/aromatic N) is 10. The Kier molecular flexibility index (Phi) is 30.7. The van der Waals surface area contributed by atoms with Crippen LogP contribution in [0.4, 0.5) is 0 Å². The van der Waals surface area contributed by atoms with Gasteiger partial charge in [0.1, 0.15) is 0 Å². The zero-order valence-electron chi connectivity index (χ0n) is 21.4. The van der Waals surface area contributed by atoms with Crippen molar-refractivity contribution in [3.8, 4) is 6.57 Å². The molecule has 216 valence electrons. The van der Waals surface area contributed by atoms with Gasteiger partial charge in [0.25, 0.3) is 0 Å². The van der Waals surface area contributed by atoms with Crippen molar-refractivity contribution in [1.29, 1.82) is 5.26 Å². The van der Waals surface area contributed by atoms with Gasteiger partial charge in [-0.05, 0) is 77.8 Å². The average Bonchev–Trinajstić information content (AvgIpc) is 3.58. The maximum absolute atomic E-state index is 7.44. The Bertz CT molecular complexity index is 596. The van der Waals surface area contributed by atoms with E-state index >= 15 is 0 Å². The second kappa shape index (κ2) is 26.5. The summed E-state index contributed by atoms with van der Waals surface area (Å²) in [6.07, 6.45) is 17.3. The van der Waals surface area contributed by atoms with E-state index in [1.807, 2.05) is 72.6 Å². The summed E-state index contributed by atoms with van der Waals surface area (Å²) in [5.74, 6) is 0. The van der Waals surface area contributed by atoms with Gasteiger partial charge in [0.2, 0.25) is 0 Å². The van der Waals surface area contributed by atoms with Gasteiger partial charge in [0, 0.05) is 19.9 Å². The Morgan fingerprint density at radius 3 is 0.973 bits per heavy atom. The fraction of sp³-hybridized carbons (Fsp3) is 0.348. The molecule has 10 nitrogen and oxygen atoms in total. The second-order valence-corrected chi connectivity index (χ2v) is 16.9. The molecule has 0 saturated carbocycles. The van der Waals surface area contributed by atoms with Crippen LogP contribution in [0.5, 0.6) is 0 Å². The summed E-state index contributed by atoms with van der Waals surface area (Å²) in [6.45, 7) is 15.0. The summed E-state index contributed by atoms with van der Waals surface area (Å²) in [7, 11) is 8.08. The molecule has 0 saturated heterocycles. The van der Waals surface area contributed by atoms with Gasteiger partial charge in [-0.2, -0.15) is 26.7 Å². The standard InChI is InChI=1S/2C9H14N4.C2H4N.CHN.CH4.CH3.2BrH.2Pt/c2*1-10-3-5-12(7-10)9-13-6-4-11(2)8-13;1-2-3;1-2;;;;;;/h2*3-8H,9H2,1-2H3;2H,1H3;1H;1H4;1H3;2*1H;;/q2*-2;-1;;;-1;;;2*+4/p-2. The van der Waals surface area contributed by atoms with Crippen LogP contribution in [-0.4, -0.2) is 86.9 Å². The third-order valence-electron chi connectivity index (χ3n) is 3.95. The molecular weight excluding hydrogens is 966 g/mol. The van der Waals surface area contributed by atoms with Crippen molar-refractivity contribution >= 4 is 32.8 Å². The molecule has 4 aliphatic heterocycles. The molecule has 0 aromatic rings. The van der Waals surface area contributed by atoms with Crippen LogP contribution in [-0.2, 0) is 35.5 Å². The minimum absolute atomic E-state index is 0. The fourth-order valence-corrected chi connectivity index (χ4v) is 2.72. The van der Waals surface area contributed by atoms with Crippen molar-refractivity contribution in [3.05, 3.63) is 89.1 Å². The molecule has 37 heavy (non-hydrogen) atoms. The minimum Gasteiger partial charge on any atom is -0.358 e. The molecule has 0 unspecified atom stereocenters. The van der Waals surface area contributed by atoms with E-state index in [0.717, 1.165) is 19.6 Å². The van der Waals surface area contributed by atoms with Gasteiger partial charge in [-0.15, -0.1) is 0 Å². The zero-order chi connectivity index (χ0) is 25.9. The van der Waals surface area contributed by atoms with Crippen molar-refractivity contribution in [2.24, 2.45) is 0 Å². The van der Waals surface area contributed by atoms with Crippen molar-refractivity contribution < 1.29 is 35.5 Å².